The predicted molar refractivity (Wildman–Crippen MR) is 89.7 cm³/mol. The molecule has 21 heavy (non-hydrogen) atoms. The first kappa shape index (κ1) is 14.6. The third kappa shape index (κ3) is 2.60. The van der Waals surface area contributed by atoms with Crippen LogP contribution in [-0.2, 0) is 12.8 Å². The lowest BCUT2D eigenvalue weighted by Gasteiger charge is -2.21. The highest BCUT2D eigenvalue weighted by Crippen LogP contribution is 2.39. The summed E-state index contributed by atoms with van der Waals surface area (Å²) in [6.45, 7) is 4.30. The van der Waals surface area contributed by atoms with E-state index in [1.807, 2.05) is 18.4 Å². The molecule has 0 radical (unpaired) electrons. The highest BCUT2D eigenvalue weighted by molar-refractivity contribution is 7.12. The first-order chi connectivity index (χ1) is 10.1. The summed E-state index contributed by atoms with van der Waals surface area (Å²) in [6, 6.07) is 6.99. The molecule has 3 heteroatoms. The van der Waals surface area contributed by atoms with E-state index < -0.39 is 0 Å². The molecule has 0 saturated heterocycles. The van der Waals surface area contributed by atoms with Crippen molar-refractivity contribution in [2.24, 2.45) is 0 Å². The van der Waals surface area contributed by atoms with Gasteiger partial charge in [-0.25, -0.2) is 0 Å². The number of rotatable bonds is 4. The molecule has 1 aromatic heterocycles. The Hall–Kier alpha value is -1.32. The monoisotopic (exact) mass is 301 g/mol. The summed E-state index contributed by atoms with van der Waals surface area (Å²) >= 11 is 1.96. The number of aryl methyl sites for hydroxylation is 4. The zero-order valence-corrected chi connectivity index (χ0v) is 14.1. The van der Waals surface area contributed by atoms with E-state index in [1.165, 1.54) is 40.8 Å². The molecule has 2 nitrogen and oxygen atoms in total. The summed E-state index contributed by atoms with van der Waals surface area (Å²) in [7, 11) is 3.80. The second-order valence-electron chi connectivity index (χ2n) is 5.87. The van der Waals surface area contributed by atoms with Gasteiger partial charge in [0.2, 0.25) is 0 Å². The molecular formula is C18H23NOS. The maximum absolute atomic E-state index is 5.65. The summed E-state index contributed by atoms with van der Waals surface area (Å²) in [4.78, 5) is 2.99. The molecular weight excluding hydrogens is 278 g/mol. The molecule has 0 saturated carbocycles. The van der Waals surface area contributed by atoms with Gasteiger partial charge in [-0.1, -0.05) is 6.07 Å². The number of benzene rings is 1. The molecule has 1 heterocycles. The Balaban J connectivity index is 2.07. The number of ether oxygens (including phenoxy) is 1. The van der Waals surface area contributed by atoms with Crippen LogP contribution in [0, 0.1) is 13.8 Å². The van der Waals surface area contributed by atoms with E-state index in [9.17, 15) is 0 Å². The van der Waals surface area contributed by atoms with Crippen LogP contribution in [0.4, 0.5) is 0 Å². The topological polar surface area (TPSA) is 21.3 Å². The standard InChI is InChI=1S/C18H23NOS/c1-11-8-12(2)17(14(9-11)20-4)18(19-3)16-10-13-6-5-7-15(13)21-16/h8-10,18-19H,5-7H2,1-4H3. The van der Waals surface area contributed by atoms with Crippen molar-refractivity contribution in [2.75, 3.05) is 14.2 Å². The van der Waals surface area contributed by atoms with Gasteiger partial charge in [0.05, 0.1) is 13.2 Å². The number of hydrogen-bond acceptors (Lipinski definition) is 3. The lowest BCUT2D eigenvalue weighted by molar-refractivity contribution is 0.404. The molecule has 0 amide bonds. The highest BCUT2D eigenvalue weighted by Gasteiger charge is 2.24. The lowest BCUT2D eigenvalue weighted by Crippen LogP contribution is -2.18. The Morgan fingerprint density at radius 1 is 1.19 bits per heavy atom. The largest absolute Gasteiger partial charge is 0.496 e. The van der Waals surface area contributed by atoms with E-state index in [-0.39, 0.29) is 6.04 Å². The second-order valence-corrected chi connectivity index (χ2v) is 7.04. The van der Waals surface area contributed by atoms with Gasteiger partial charge in [0.25, 0.3) is 0 Å². The molecule has 1 atom stereocenters. The van der Waals surface area contributed by atoms with E-state index in [0.29, 0.717) is 0 Å². The minimum Gasteiger partial charge on any atom is -0.496 e. The molecule has 1 aliphatic rings. The van der Waals surface area contributed by atoms with Gasteiger partial charge < -0.3 is 10.1 Å². The smallest absolute Gasteiger partial charge is 0.124 e. The summed E-state index contributed by atoms with van der Waals surface area (Å²) in [5.41, 5.74) is 5.36. The van der Waals surface area contributed by atoms with E-state index in [0.717, 1.165) is 5.75 Å². The van der Waals surface area contributed by atoms with Gasteiger partial charge in [0, 0.05) is 15.3 Å². The van der Waals surface area contributed by atoms with Crippen molar-refractivity contribution in [1.82, 2.24) is 5.32 Å². The minimum atomic E-state index is 0.219. The Kier molecular flexibility index (Phi) is 4.05. The maximum Gasteiger partial charge on any atom is 0.124 e. The van der Waals surface area contributed by atoms with Gasteiger partial charge in [-0.2, -0.15) is 0 Å². The Morgan fingerprint density at radius 2 is 2.00 bits per heavy atom. The fourth-order valence-corrected chi connectivity index (χ4v) is 4.78. The zero-order valence-electron chi connectivity index (χ0n) is 13.2. The van der Waals surface area contributed by atoms with Crippen LogP contribution in [0.3, 0.4) is 0 Å². The van der Waals surface area contributed by atoms with Crippen molar-refractivity contribution in [1.29, 1.82) is 0 Å². The van der Waals surface area contributed by atoms with Crippen molar-refractivity contribution in [3.8, 4) is 5.75 Å². The van der Waals surface area contributed by atoms with Crippen LogP contribution in [0.2, 0.25) is 0 Å². The van der Waals surface area contributed by atoms with Gasteiger partial charge in [-0.05, 0) is 69.0 Å². The second kappa shape index (κ2) is 5.82. The molecule has 0 bridgehead atoms. The van der Waals surface area contributed by atoms with Crippen molar-refractivity contribution in [3.63, 3.8) is 0 Å². The SMILES string of the molecule is CNC(c1cc2c(s1)CCC2)c1c(C)cc(C)cc1OC. The minimum absolute atomic E-state index is 0.219. The molecule has 1 unspecified atom stereocenters. The van der Waals surface area contributed by atoms with Gasteiger partial charge in [-0.3, -0.25) is 0 Å². The third-order valence-electron chi connectivity index (χ3n) is 4.34. The van der Waals surface area contributed by atoms with Crippen LogP contribution in [-0.4, -0.2) is 14.2 Å². The van der Waals surface area contributed by atoms with Crippen LogP contribution in [0.25, 0.3) is 0 Å². The maximum atomic E-state index is 5.65. The molecule has 1 aliphatic carbocycles. The van der Waals surface area contributed by atoms with Crippen molar-refractivity contribution < 1.29 is 4.74 Å². The quantitative estimate of drug-likeness (QED) is 0.915. The normalized spacial score (nSPS) is 15.0. The number of nitrogens with one attached hydrogen (secondary N) is 1. The molecule has 1 N–H and O–H groups in total. The van der Waals surface area contributed by atoms with Crippen molar-refractivity contribution >= 4 is 11.3 Å². The first-order valence-corrected chi connectivity index (χ1v) is 8.39. The van der Waals surface area contributed by atoms with Crippen LogP contribution in [0.1, 0.15) is 44.5 Å². The zero-order chi connectivity index (χ0) is 15.0. The molecule has 0 spiro atoms. The van der Waals surface area contributed by atoms with Crippen LogP contribution in [0.5, 0.6) is 5.75 Å². The fourth-order valence-electron chi connectivity index (χ4n) is 3.40. The summed E-state index contributed by atoms with van der Waals surface area (Å²) < 4.78 is 5.65. The lowest BCUT2D eigenvalue weighted by atomic mass is 9.96. The van der Waals surface area contributed by atoms with Crippen LogP contribution in [0.15, 0.2) is 18.2 Å². The Labute approximate surface area is 131 Å². The van der Waals surface area contributed by atoms with E-state index in [4.69, 9.17) is 4.74 Å². The third-order valence-corrected chi connectivity index (χ3v) is 5.64. The predicted octanol–water partition coefficient (Wildman–Crippen LogP) is 4.17. The van der Waals surface area contributed by atoms with Gasteiger partial charge in [-0.15, -0.1) is 11.3 Å². The van der Waals surface area contributed by atoms with E-state index in [2.05, 4.69) is 37.4 Å². The van der Waals surface area contributed by atoms with Crippen molar-refractivity contribution in [2.45, 2.75) is 39.2 Å². The Bertz CT molecular complexity index is 638. The Morgan fingerprint density at radius 3 is 2.67 bits per heavy atom. The van der Waals surface area contributed by atoms with E-state index in [1.54, 1.807) is 17.6 Å². The highest BCUT2D eigenvalue weighted by atomic mass is 32.1. The summed E-state index contributed by atoms with van der Waals surface area (Å²) in [6.07, 6.45) is 3.81. The fraction of sp³-hybridized carbons (Fsp3) is 0.444. The molecule has 0 aliphatic heterocycles. The number of fused-ring (bicyclic) bond motifs is 1. The molecule has 112 valence electrons. The molecule has 1 aromatic carbocycles. The van der Waals surface area contributed by atoms with Gasteiger partial charge in [0.15, 0.2) is 0 Å². The van der Waals surface area contributed by atoms with Gasteiger partial charge >= 0.3 is 0 Å². The molecule has 3 rings (SSSR count). The van der Waals surface area contributed by atoms with Gasteiger partial charge in [0.1, 0.15) is 5.75 Å². The molecule has 0 fully saturated rings. The number of hydrogen-bond donors (Lipinski definition) is 1. The van der Waals surface area contributed by atoms with E-state index >= 15 is 0 Å². The van der Waals surface area contributed by atoms with Crippen molar-refractivity contribution in [3.05, 3.63) is 50.2 Å². The molecule has 2 aromatic rings. The average Bonchev–Trinajstić information content (AvgIpc) is 3.02. The first-order valence-electron chi connectivity index (χ1n) is 7.58. The number of thiophene rings is 1. The van der Waals surface area contributed by atoms with Crippen LogP contribution < -0.4 is 10.1 Å². The van der Waals surface area contributed by atoms with Crippen LogP contribution >= 0.6 is 11.3 Å². The average molecular weight is 301 g/mol. The summed E-state index contributed by atoms with van der Waals surface area (Å²) in [5.74, 6) is 0.986. The summed E-state index contributed by atoms with van der Waals surface area (Å²) in [5, 5.41) is 3.49. The number of methoxy groups -OCH3 is 1.